The SMILES string of the molecule is Cc1ncc(C(=O)N2C[C@H]([C@H](C)Oc3ccc(N)cn3)[C@@H](c3ccc(F)c(F)c3)C2)cn1. The van der Waals surface area contributed by atoms with Crippen LogP contribution in [0.1, 0.15) is 34.6 Å². The van der Waals surface area contributed by atoms with Gasteiger partial charge in [0.25, 0.3) is 5.91 Å². The predicted molar refractivity (Wildman–Crippen MR) is 114 cm³/mol. The summed E-state index contributed by atoms with van der Waals surface area (Å²) in [5, 5.41) is 0. The number of carbonyl (C=O) groups is 1. The van der Waals surface area contributed by atoms with Crippen LogP contribution in [0.4, 0.5) is 14.5 Å². The molecule has 0 aliphatic carbocycles. The van der Waals surface area contributed by atoms with E-state index in [-0.39, 0.29) is 23.8 Å². The number of hydrogen-bond donors (Lipinski definition) is 1. The van der Waals surface area contributed by atoms with E-state index in [4.69, 9.17) is 10.5 Å². The molecule has 166 valence electrons. The summed E-state index contributed by atoms with van der Waals surface area (Å²) in [7, 11) is 0. The first-order valence-corrected chi connectivity index (χ1v) is 10.2. The molecule has 2 N–H and O–H groups in total. The average Bonchev–Trinajstić information content (AvgIpc) is 3.23. The molecule has 0 saturated carbocycles. The maximum atomic E-state index is 14.0. The molecular formula is C23H23F2N5O2. The van der Waals surface area contributed by atoms with Crippen LogP contribution in [0.3, 0.4) is 0 Å². The Morgan fingerprint density at radius 1 is 1.09 bits per heavy atom. The van der Waals surface area contributed by atoms with E-state index >= 15 is 0 Å². The van der Waals surface area contributed by atoms with Crippen molar-refractivity contribution in [1.82, 2.24) is 19.9 Å². The van der Waals surface area contributed by atoms with Gasteiger partial charge in [-0.3, -0.25) is 4.79 Å². The minimum Gasteiger partial charge on any atom is -0.474 e. The van der Waals surface area contributed by atoms with Gasteiger partial charge in [0.1, 0.15) is 11.9 Å². The lowest BCUT2D eigenvalue weighted by molar-refractivity contribution is 0.0769. The van der Waals surface area contributed by atoms with Crippen molar-refractivity contribution >= 4 is 11.6 Å². The minimum atomic E-state index is -0.924. The van der Waals surface area contributed by atoms with Gasteiger partial charge in [-0.15, -0.1) is 0 Å². The van der Waals surface area contributed by atoms with Crippen molar-refractivity contribution in [3.63, 3.8) is 0 Å². The van der Waals surface area contributed by atoms with Crippen LogP contribution in [0.25, 0.3) is 0 Å². The van der Waals surface area contributed by atoms with E-state index in [0.29, 0.717) is 41.6 Å². The van der Waals surface area contributed by atoms with Gasteiger partial charge in [0.05, 0.1) is 17.4 Å². The normalized spacial score (nSPS) is 19.1. The first-order chi connectivity index (χ1) is 15.3. The van der Waals surface area contributed by atoms with E-state index in [2.05, 4.69) is 15.0 Å². The Morgan fingerprint density at radius 2 is 1.84 bits per heavy atom. The number of aromatic nitrogens is 3. The second kappa shape index (κ2) is 8.86. The summed E-state index contributed by atoms with van der Waals surface area (Å²) >= 11 is 0. The molecule has 2 aromatic heterocycles. The number of benzene rings is 1. The number of hydrogen-bond acceptors (Lipinski definition) is 6. The Hall–Kier alpha value is -3.62. The van der Waals surface area contributed by atoms with E-state index in [1.54, 1.807) is 30.0 Å². The summed E-state index contributed by atoms with van der Waals surface area (Å²) < 4.78 is 33.5. The summed E-state index contributed by atoms with van der Waals surface area (Å²) in [4.78, 5) is 27.1. The molecule has 0 unspecified atom stereocenters. The third-order valence-corrected chi connectivity index (χ3v) is 5.72. The van der Waals surface area contributed by atoms with Crippen LogP contribution in [0.15, 0.2) is 48.9 Å². The molecule has 1 aliphatic heterocycles. The minimum absolute atomic E-state index is 0.186. The molecule has 3 heterocycles. The van der Waals surface area contributed by atoms with Crippen LogP contribution in [0.5, 0.6) is 5.88 Å². The number of amides is 1. The molecule has 4 rings (SSSR count). The Balaban J connectivity index is 1.61. The van der Waals surface area contributed by atoms with Gasteiger partial charge in [-0.05, 0) is 37.6 Å². The predicted octanol–water partition coefficient (Wildman–Crippen LogP) is 3.36. The second-order valence-electron chi connectivity index (χ2n) is 7.93. The number of anilines is 1. The maximum absolute atomic E-state index is 14.0. The standard InChI is InChI=1S/C23H23F2N5O2/c1-13(32-22-6-4-17(26)10-29-22)18-11-30(23(31)16-8-27-14(2)28-9-16)12-19(18)15-3-5-20(24)21(25)7-15/h3-10,13,18-19H,11-12,26H2,1-2H3/t13-,18+,19+/m0/s1. The summed E-state index contributed by atoms with van der Waals surface area (Å²) in [6.07, 6.45) is 4.11. The molecule has 3 aromatic rings. The molecule has 0 bridgehead atoms. The fraction of sp³-hybridized carbons (Fsp3) is 0.304. The van der Waals surface area contributed by atoms with Gasteiger partial charge in [0, 0.05) is 43.4 Å². The van der Waals surface area contributed by atoms with Crippen molar-refractivity contribution in [2.45, 2.75) is 25.9 Å². The van der Waals surface area contributed by atoms with Crippen LogP contribution in [0, 0.1) is 24.5 Å². The number of nitrogens with two attached hydrogens (primary N) is 1. The molecule has 0 spiro atoms. The quantitative estimate of drug-likeness (QED) is 0.655. The van der Waals surface area contributed by atoms with E-state index in [9.17, 15) is 13.6 Å². The highest BCUT2D eigenvalue weighted by molar-refractivity contribution is 5.93. The van der Waals surface area contributed by atoms with E-state index in [1.807, 2.05) is 6.92 Å². The fourth-order valence-electron chi connectivity index (χ4n) is 3.99. The number of halogens is 2. The van der Waals surface area contributed by atoms with Crippen molar-refractivity contribution in [1.29, 1.82) is 0 Å². The number of rotatable bonds is 5. The zero-order chi connectivity index (χ0) is 22.8. The molecule has 7 nitrogen and oxygen atoms in total. The summed E-state index contributed by atoms with van der Waals surface area (Å²) in [5.41, 5.74) is 7.17. The van der Waals surface area contributed by atoms with Crippen LogP contribution in [-0.4, -0.2) is 45.0 Å². The molecule has 32 heavy (non-hydrogen) atoms. The average molecular weight is 439 g/mol. The number of ether oxygens (including phenoxy) is 1. The Morgan fingerprint density at radius 3 is 2.50 bits per heavy atom. The van der Waals surface area contributed by atoms with Gasteiger partial charge in [-0.2, -0.15) is 0 Å². The van der Waals surface area contributed by atoms with Crippen molar-refractivity contribution in [2.24, 2.45) is 5.92 Å². The number of aryl methyl sites for hydroxylation is 1. The summed E-state index contributed by atoms with van der Waals surface area (Å²) in [5.74, 6) is -1.54. The smallest absolute Gasteiger partial charge is 0.257 e. The largest absolute Gasteiger partial charge is 0.474 e. The number of nitrogen functional groups attached to an aromatic ring is 1. The lowest BCUT2D eigenvalue weighted by Crippen LogP contribution is -2.32. The Kier molecular flexibility index (Phi) is 5.98. The van der Waals surface area contributed by atoms with Crippen molar-refractivity contribution < 1.29 is 18.3 Å². The van der Waals surface area contributed by atoms with Gasteiger partial charge in [-0.25, -0.2) is 23.7 Å². The van der Waals surface area contributed by atoms with Crippen molar-refractivity contribution in [3.05, 3.63) is 77.5 Å². The highest BCUT2D eigenvalue weighted by Gasteiger charge is 2.40. The van der Waals surface area contributed by atoms with Gasteiger partial charge in [-0.1, -0.05) is 6.07 Å². The first-order valence-electron chi connectivity index (χ1n) is 10.2. The highest BCUT2D eigenvalue weighted by atomic mass is 19.2. The molecule has 0 radical (unpaired) electrons. The molecule has 1 fully saturated rings. The maximum Gasteiger partial charge on any atom is 0.257 e. The first kappa shape index (κ1) is 21.6. The second-order valence-corrected chi connectivity index (χ2v) is 7.93. The number of pyridine rings is 1. The lowest BCUT2D eigenvalue weighted by atomic mass is 9.85. The van der Waals surface area contributed by atoms with E-state index in [1.165, 1.54) is 24.7 Å². The third-order valence-electron chi connectivity index (χ3n) is 5.72. The summed E-state index contributed by atoms with van der Waals surface area (Å²) in [6, 6.07) is 7.19. The molecule has 1 aliphatic rings. The van der Waals surface area contributed by atoms with E-state index < -0.39 is 11.6 Å². The van der Waals surface area contributed by atoms with E-state index in [0.717, 1.165) is 6.07 Å². The van der Waals surface area contributed by atoms with Crippen molar-refractivity contribution in [3.8, 4) is 5.88 Å². The third kappa shape index (κ3) is 4.51. The zero-order valence-corrected chi connectivity index (χ0v) is 17.7. The van der Waals surface area contributed by atoms with Crippen LogP contribution < -0.4 is 10.5 Å². The zero-order valence-electron chi connectivity index (χ0n) is 17.7. The van der Waals surface area contributed by atoms with Gasteiger partial charge in [0.15, 0.2) is 11.6 Å². The molecule has 1 saturated heterocycles. The molecule has 3 atom stereocenters. The Labute approximate surface area is 184 Å². The number of nitrogens with zero attached hydrogens (tertiary/aromatic N) is 4. The van der Waals surface area contributed by atoms with Gasteiger partial charge < -0.3 is 15.4 Å². The Bertz CT molecular complexity index is 1110. The lowest BCUT2D eigenvalue weighted by Gasteiger charge is -2.25. The van der Waals surface area contributed by atoms with Gasteiger partial charge >= 0.3 is 0 Å². The van der Waals surface area contributed by atoms with Crippen LogP contribution in [-0.2, 0) is 0 Å². The topological polar surface area (TPSA) is 94.2 Å². The molecule has 1 amide bonds. The molecule has 1 aromatic carbocycles. The molecular weight excluding hydrogens is 416 g/mol. The fourth-order valence-corrected chi connectivity index (χ4v) is 3.99. The van der Waals surface area contributed by atoms with Gasteiger partial charge in [0.2, 0.25) is 5.88 Å². The summed E-state index contributed by atoms with van der Waals surface area (Å²) in [6.45, 7) is 4.31. The number of likely N-dealkylation sites (tertiary alicyclic amines) is 1. The monoisotopic (exact) mass is 439 g/mol. The van der Waals surface area contributed by atoms with Crippen LogP contribution in [0.2, 0.25) is 0 Å². The number of carbonyl (C=O) groups excluding carboxylic acids is 1. The van der Waals surface area contributed by atoms with Crippen molar-refractivity contribution in [2.75, 3.05) is 18.8 Å². The highest BCUT2D eigenvalue weighted by Crippen LogP contribution is 2.37. The van der Waals surface area contributed by atoms with Crippen LogP contribution >= 0.6 is 0 Å². The molecule has 9 heteroatoms.